The van der Waals surface area contributed by atoms with Gasteiger partial charge in [0, 0.05) is 5.41 Å². The Morgan fingerprint density at radius 2 is 0.465 bits per heavy atom. The van der Waals surface area contributed by atoms with Gasteiger partial charge in [-0.05, 0) is 308 Å². The van der Waals surface area contributed by atoms with Crippen LogP contribution in [0.25, 0.3) is 0 Å². The van der Waals surface area contributed by atoms with E-state index in [0.29, 0.717) is 5.92 Å². The van der Waals surface area contributed by atoms with Crippen molar-refractivity contribution in [3.63, 3.8) is 0 Å². The van der Waals surface area contributed by atoms with Crippen LogP contribution in [0.4, 0.5) is 0 Å². The van der Waals surface area contributed by atoms with E-state index >= 15 is 0 Å². The molecule has 6 fully saturated rings. The van der Waals surface area contributed by atoms with Gasteiger partial charge < -0.3 is 28.4 Å². The van der Waals surface area contributed by atoms with Crippen molar-refractivity contribution in [2.45, 2.75) is 490 Å². The van der Waals surface area contributed by atoms with Crippen molar-refractivity contribution in [1.82, 2.24) is 0 Å². The molecule has 0 aromatic carbocycles. The van der Waals surface area contributed by atoms with E-state index < -0.39 is 0 Å². The topological polar surface area (TPSA) is 158 Å². The molecule has 12 nitrogen and oxygen atoms in total. The summed E-state index contributed by atoms with van der Waals surface area (Å²) in [6, 6.07) is 0. The average molecular weight is 1430 g/mol. The van der Waals surface area contributed by atoms with Gasteiger partial charge in [0.2, 0.25) is 0 Å². The van der Waals surface area contributed by atoms with Gasteiger partial charge in [-0.25, -0.2) is 0 Å². The van der Waals surface area contributed by atoms with Crippen molar-refractivity contribution in [2.24, 2.45) is 43.8 Å². The number of ether oxygens (including phenoxy) is 6. The van der Waals surface area contributed by atoms with Gasteiger partial charge >= 0.3 is 35.8 Å². The van der Waals surface area contributed by atoms with Crippen LogP contribution in [0.15, 0.2) is 0 Å². The minimum Gasteiger partial charge on any atom is -0.459 e. The summed E-state index contributed by atoms with van der Waals surface area (Å²) in [5, 5.41) is 0. The van der Waals surface area contributed by atoms with Gasteiger partial charge in [-0.3, -0.25) is 28.8 Å². The van der Waals surface area contributed by atoms with E-state index in [0.717, 1.165) is 128 Å². The SMILES string of the molecule is CCC(C)(C)C(=O)OC1(C(C)(C)C)CCCCC1.CCC(C)(C)C(=O)OC1(C(C)C)CCCCC1.CCC(C)(C)C(=O)OC1(C)CCCCCC1.CCC(C)(C)C(=O)OC1(C)CCCCCCC1.CCC1(OC(=O)C(C)(C)CC)CCCCC1.CCC1(OC(=O)C(C)(C)CC)CCCCCC1. The summed E-state index contributed by atoms with van der Waals surface area (Å²) in [6.07, 6.45) is 46.5. The number of hydrogen-bond donors (Lipinski definition) is 0. The van der Waals surface area contributed by atoms with Crippen molar-refractivity contribution in [1.29, 1.82) is 0 Å². The molecule has 0 aromatic heterocycles. The average Bonchev–Trinajstić information content (AvgIpc) is 1.15. The van der Waals surface area contributed by atoms with E-state index in [-0.39, 0.29) is 107 Å². The third-order valence-corrected chi connectivity index (χ3v) is 25.9. The monoisotopic (exact) mass is 1430 g/mol. The predicted octanol–water partition coefficient (Wildman–Crippen LogP) is 26.1. The quantitative estimate of drug-likeness (QED) is 0.0609. The number of carbonyl (C=O) groups is 6. The summed E-state index contributed by atoms with van der Waals surface area (Å²) in [4.78, 5) is 73.2. The van der Waals surface area contributed by atoms with E-state index in [4.69, 9.17) is 28.4 Å². The summed E-state index contributed by atoms with van der Waals surface area (Å²) >= 11 is 0. The van der Waals surface area contributed by atoms with Crippen LogP contribution in [0.3, 0.4) is 0 Å². The Morgan fingerprint density at radius 3 is 0.703 bits per heavy atom. The molecule has 0 unspecified atom stereocenters. The molecule has 0 aliphatic heterocycles. The van der Waals surface area contributed by atoms with Crippen LogP contribution in [0.5, 0.6) is 0 Å². The van der Waals surface area contributed by atoms with E-state index in [2.05, 4.69) is 62.3 Å². The molecule has 0 amide bonds. The third kappa shape index (κ3) is 31.7. The van der Waals surface area contributed by atoms with Crippen LogP contribution in [-0.2, 0) is 57.2 Å². The van der Waals surface area contributed by atoms with Crippen LogP contribution in [0, 0.1) is 43.8 Å². The molecule has 6 aliphatic carbocycles. The summed E-state index contributed by atoms with van der Waals surface area (Å²) in [7, 11) is 0. The van der Waals surface area contributed by atoms with Crippen molar-refractivity contribution >= 4 is 35.8 Å². The second-order valence-electron chi connectivity index (χ2n) is 38.0. The minimum atomic E-state index is -0.365. The standard InChI is InChI=1S/C16H30O2.3C15H28O2.2C14H26O2/c1-7-15(5,6)13(17)18-16(14(2,3)4)11-9-8-10-12-16;1-6-14(4,5)13(16)17-15(12(2)3)10-8-7-9-11-15;1-5-14(2,3)13(16)17-15(4)11-9-7-6-8-10-12-15;1-5-14(3,4)13(16)17-15(6-2)11-9-7-8-10-12-15;1-5-13(2,3)12(15)16-14(4)10-8-6-7-9-11-14;1-5-13(3,4)12(15)16-14(6-2)10-8-7-9-11-14/h7-12H2,1-6H3;12H,6-11H2,1-5H3;2*5-12H2,1-4H3;2*5-11H2,1-4H3. The molecule has 6 aliphatic rings. The molecule has 0 bridgehead atoms. The Bertz CT molecular complexity index is 2370. The van der Waals surface area contributed by atoms with E-state index in [1.807, 2.05) is 125 Å². The zero-order valence-electron chi connectivity index (χ0n) is 71.7. The second kappa shape index (κ2) is 43.0. The molecule has 0 saturated heterocycles. The maximum absolute atomic E-state index is 12.4. The third-order valence-electron chi connectivity index (χ3n) is 25.9. The first-order chi connectivity index (χ1) is 46.7. The zero-order valence-corrected chi connectivity index (χ0v) is 71.7. The van der Waals surface area contributed by atoms with Gasteiger partial charge in [-0.1, -0.05) is 154 Å². The summed E-state index contributed by atoms with van der Waals surface area (Å²) in [5.41, 5.74) is -3.24. The predicted molar refractivity (Wildman–Crippen MR) is 421 cm³/mol. The fourth-order valence-electron chi connectivity index (χ4n) is 13.9. The molecule has 12 heteroatoms. The molecule has 0 aromatic rings. The Labute approximate surface area is 623 Å². The Hall–Kier alpha value is -3.18. The lowest BCUT2D eigenvalue weighted by Gasteiger charge is -2.47. The number of esters is 6. The smallest absolute Gasteiger partial charge is 0.312 e. The highest BCUT2D eigenvalue weighted by Gasteiger charge is 2.49. The number of carbonyl (C=O) groups excluding carboxylic acids is 6. The molecular weight excluding hydrogens is 1260 g/mol. The first kappa shape index (κ1) is 95.8. The molecule has 0 heterocycles. The van der Waals surface area contributed by atoms with Crippen molar-refractivity contribution in [3.8, 4) is 0 Å². The van der Waals surface area contributed by atoms with Crippen molar-refractivity contribution < 1.29 is 57.2 Å². The molecule has 0 radical (unpaired) electrons. The molecule has 594 valence electrons. The maximum atomic E-state index is 12.4. The second-order valence-corrected chi connectivity index (χ2v) is 38.0. The summed E-state index contributed by atoms with van der Waals surface area (Å²) in [5.74, 6) is 0.293. The first-order valence-electron chi connectivity index (χ1n) is 42.1. The highest BCUT2D eigenvalue weighted by Crippen LogP contribution is 2.47. The number of rotatable bonds is 21. The molecule has 0 spiro atoms. The Morgan fingerprint density at radius 1 is 0.267 bits per heavy atom. The van der Waals surface area contributed by atoms with E-state index in [1.165, 1.54) is 141 Å². The van der Waals surface area contributed by atoms with Crippen molar-refractivity contribution in [2.75, 3.05) is 0 Å². The normalized spacial score (nSPS) is 20.8. The van der Waals surface area contributed by atoms with Gasteiger partial charge in [0.15, 0.2) is 0 Å². The molecule has 0 N–H and O–H groups in total. The van der Waals surface area contributed by atoms with Crippen LogP contribution in [0.1, 0.15) is 457 Å². The van der Waals surface area contributed by atoms with Crippen molar-refractivity contribution in [3.05, 3.63) is 0 Å². The van der Waals surface area contributed by atoms with Crippen LogP contribution in [-0.4, -0.2) is 69.4 Å². The molecule has 6 rings (SSSR count). The minimum absolute atomic E-state index is 0.0104. The van der Waals surface area contributed by atoms with Gasteiger partial charge in [0.25, 0.3) is 0 Å². The van der Waals surface area contributed by atoms with Gasteiger partial charge in [0.1, 0.15) is 33.6 Å². The molecular formula is C89H166O12. The van der Waals surface area contributed by atoms with Gasteiger partial charge in [-0.2, -0.15) is 0 Å². The maximum Gasteiger partial charge on any atom is 0.312 e. The van der Waals surface area contributed by atoms with E-state index in [9.17, 15) is 28.8 Å². The van der Waals surface area contributed by atoms with E-state index in [1.54, 1.807) is 0 Å². The first-order valence-corrected chi connectivity index (χ1v) is 42.1. The lowest BCUT2D eigenvalue weighted by molar-refractivity contribution is -0.190. The fourth-order valence-corrected chi connectivity index (χ4v) is 13.9. The Balaban J connectivity index is 0.000000606. The zero-order chi connectivity index (χ0) is 77.5. The summed E-state index contributed by atoms with van der Waals surface area (Å²) < 4.78 is 35.4. The fraction of sp³-hybridized carbons (Fsp3) is 0.933. The highest BCUT2D eigenvalue weighted by molar-refractivity contribution is 5.78. The lowest BCUT2D eigenvalue weighted by Crippen LogP contribution is -2.50. The largest absolute Gasteiger partial charge is 0.459 e. The van der Waals surface area contributed by atoms with Gasteiger partial charge in [-0.15, -0.1) is 0 Å². The molecule has 0 atom stereocenters. The lowest BCUT2D eigenvalue weighted by atomic mass is 9.68. The molecule has 6 saturated carbocycles. The van der Waals surface area contributed by atoms with Crippen LogP contribution in [0.2, 0.25) is 0 Å². The summed E-state index contributed by atoms with van der Waals surface area (Å²) in [6.45, 7) is 55.4. The molecule has 101 heavy (non-hydrogen) atoms. The van der Waals surface area contributed by atoms with Crippen LogP contribution >= 0.6 is 0 Å². The number of hydrogen-bond acceptors (Lipinski definition) is 12. The van der Waals surface area contributed by atoms with Gasteiger partial charge in [0.05, 0.1) is 32.5 Å². The highest BCUT2D eigenvalue weighted by atomic mass is 16.6. The van der Waals surface area contributed by atoms with Crippen LogP contribution < -0.4 is 0 Å². The Kier molecular flexibility index (Phi) is 40.8.